The van der Waals surface area contributed by atoms with Gasteiger partial charge in [-0.15, -0.1) is 11.3 Å². The quantitative estimate of drug-likeness (QED) is 0.689. The molecular weight excluding hydrogens is 228 g/mol. The Morgan fingerprint density at radius 2 is 2.38 bits per heavy atom. The molecule has 0 radical (unpaired) electrons. The SMILES string of the molecule is Nc1sccc1-c1nc(-c2cn[nH]n2)no1. The van der Waals surface area contributed by atoms with Crippen LogP contribution in [0.2, 0.25) is 0 Å². The summed E-state index contributed by atoms with van der Waals surface area (Å²) in [5.74, 6) is 0.770. The zero-order valence-electron chi connectivity index (χ0n) is 7.91. The minimum atomic E-state index is 0.384. The Bertz CT molecular complexity index is 598. The van der Waals surface area contributed by atoms with Gasteiger partial charge in [-0.25, -0.2) is 0 Å². The fraction of sp³-hybridized carbons (Fsp3) is 0. The minimum Gasteiger partial charge on any atom is -0.390 e. The summed E-state index contributed by atoms with van der Waals surface area (Å²) in [6.07, 6.45) is 1.52. The number of nitrogens with one attached hydrogen (secondary N) is 1. The minimum absolute atomic E-state index is 0.384. The fourth-order valence-corrected chi connectivity index (χ4v) is 1.88. The standard InChI is InChI=1S/C8H6N6OS/c9-6-4(1-2-16-6)8-11-7(13-15-8)5-3-10-14-12-5/h1-3H,9H2,(H,10,12,14). The van der Waals surface area contributed by atoms with Crippen molar-refractivity contribution in [2.45, 2.75) is 0 Å². The van der Waals surface area contributed by atoms with Crippen LogP contribution >= 0.6 is 11.3 Å². The summed E-state index contributed by atoms with van der Waals surface area (Å²) in [5, 5.41) is 16.3. The second kappa shape index (κ2) is 3.42. The van der Waals surface area contributed by atoms with Crippen LogP contribution in [0.4, 0.5) is 5.00 Å². The van der Waals surface area contributed by atoms with Crippen molar-refractivity contribution in [2.24, 2.45) is 0 Å². The molecule has 0 saturated heterocycles. The van der Waals surface area contributed by atoms with Gasteiger partial charge in [0.15, 0.2) is 5.69 Å². The first kappa shape index (κ1) is 9.04. The van der Waals surface area contributed by atoms with E-state index in [1.807, 2.05) is 11.4 Å². The van der Waals surface area contributed by atoms with Gasteiger partial charge in [0.05, 0.1) is 16.8 Å². The summed E-state index contributed by atoms with van der Waals surface area (Å²) in [4.78, 5) is 4.18. The molecule has 80 valence electrons. The van der Waals surface area contributed by atoms with Crippen molar-refractivity contribution < 1.29 is 4.52 Å². The monoisotopic (exact) mass is 234 g/mol. The third-order valence-corrected chi connectivity index (χ3v) is 2.74. The molecule has 0 unspecified atom stereocenters. The number of nitrogens with two attached hydrogens (primary N) is 1. The number of anilines is 1. The molecule has 0 spiro atoms. The first-order chi connectivity index (χ1) is 7.84. The molecule has 0 amide bonds. The first-order valence-electron chi connectivity index (χ1n) is 4.38. The maximum absolute atomic E-state index is 5.76. The van der Waals surface area contributed by atoms with Crippen LogP contribution in [0.5, 0.6) is 0 Å². The molecule has 7 nitrogen and oxygen atoms in total. The number of hydrogen-bond acceptors (Lipinski definition) is 7. The molecule has 3 heterocycles. The van der Waals surface area contributed by atoms with E-state index < -0.39 is 0 Å². The molecule has 0 fully saturated rings. The Balaban J connectivity index is 2.03. The summed E-state index contributed by atoms with van der Waals surface area (Å²) in [6.45, 7) is 0. The van der Waals surface area contributed by atoms with E-state index in [-0.39, 0.29) is 0 Å². The fourth-order valence-electron chi connectivity index (χ4n) is 1.24. The molecule has 3 aromatic rings. The first-order valence-corrected chi connectivity index (χ1v) is 5.26. The molecule has 0 aliphatic carbocycles. The molecule has 16 heavy (non-hydrogen) atoms. The van der Waals surface area contributed by atoms with E-state index in [0.29, 0.717) is 22.4 Å². The molecule has 0 aliphatic rings. The molecular formula is C8H6N6OS. The van der Waals surface area contributed by atoms with Crippen molar-refractivity contribution in [3.05, 3.63) is 17.6 Å². The third kappa shape index (κ3) is 1.36. The van der Waals surface area contributed by atoms with Gasteiger partial charge in [0, 0.05) is 0 Å². The van der Waals surface area contributed by atoms with Crippen LogP contribution in [0.15, 0.2) is 22.2 Å². The largest absolute Gasteiger partial charge is 0.390 e. The highest BCUT2D eigenvalue weighted by Crippen LogP contribution is 2.29. The number of thiophene rings is 1. The summed E-state index contributed by atoms with van der Waals surface area (Å²) in [5.41, 5.74) is 7.03. The maximum Gasteiger partial charge on any atom is 0.261 e. The van der Waals surface area contributed by atoms with Crippen LogP contribution < -0.4 is 5.73 Å². The van der Waals surface area contributed by atoms with Gasteiger partial charge >= 0.3 is 0 Å². The number of hydrogen-bond donors (Lipinski definition) is 2. The van der Waals surface area contributed by atoms with Gasteiger partial charge in [-0.1, -0.05) is 5.16 Å². The van der Waals surface area contributed by atoms with Crippen molar-refractivity contribution in [1.29, 1.82) is 0 Å². The lowest BCUT2D eigenvalue weighted by atomic mass is 10.3. The number of nitrogens with zero attached hydrogens (tertiary/aromatic N) is 4. The van der Waals surface area contributed by atoms with Crippen molar-refractivity contribution in [3.63, 3.8) is 0 Å². The third-order valence-electron chi connectivity index (χ3n) is 2.00. The Labute approximate surface area is 93.3 Å². The van der Waals surface area contributed by atoms with Crippen molar-refractivity contribution >= 4 is 16.3 Å². The van der Waals surface area contributed by atoms with Gasteiger partial charge in [-0.3, -0.25) is 0 Å². The molecule has 0 bridgehead atoms. The van der Waals surface area contributed by atoms with Crippen molar-refractivity contribution in [1.82, 2.24) is 25.6 Å². The molecule has 0 saturated carbocycles. The van der Waals surface area contributed by atoms with E-state index in [2.05, 4.69) is 25.6 Å². The molecule has 0 aromatic carbocycles. The predicted octanol–water partition coefficient (Wildman–Crippen LogP) is 1.17. The topological polar surface area (TPSA) is 107 Å². The van der Waals surface area contributed by atoms with Gasteiger partial charge in [0.1, 0.15) is 0 Å². The number of nitrogen functional groups attached to an aromatic ring is 1. The molecule has 3 rings (SSSR count). The zero-order chi connectivity index (χ0) is 11.0. The molecule has 0 atom stereocenters. The Morgan fingerprint density at radius 1 is 1.44 bits per heavy atom. The van der Waals surface area contributed by atoms with Crippen LogP contribution in [-0.4, -0.2) is 25.6 Å². The molecule has 0 aliphatic heterocycles. The van der Waals surface area contributed by atoms with Gasteiger partial charge in [0.2, 0.25) is 5.82 Å². The van der Waals surface area contributed by atoms with E-state index in [1.165, 1.54) is 17.5 Å². The summed E-state index contributed by atoms with van der Waals surface area (Å²) >= 11 is 1.42. The lowest BCUT2D eigenvalue weighted by Gasteiger charge is -1.88. The number of rotatable bonds is 2. The normalized spacial score (nSPS) is 10.8. The Morgan fingerprint density at radius 3 is 3.06 bits per heavy atom. The Hall–Kier alpha value is -2.22. The summed E-state index contributed by atoms with van der Waals surface area (Å²) in [7, 11) is 0. The van der Waals surface area contributed by atoms with Crippen LogP contribution in [0, 0.1) is 0 Å². The van der Waals surface area contributed by atoms with E-state index >= 15 is 0 Å². The smallest absolute Gasteiger partial charge is 0.261 e. The molecule has 8 heteroatoms. The van der Waals surface area contributed by atoms with Gasteiger partial charge in [-0.05, 0) is 11.4 Å². The van der Waals surface area contributed by atoms with E-state index in [0.717, 1.165) is 5.56 Å². The van der Waals surface area contributed by atoms with Gasteiger partial charge in [-0.2, -0.15) is 20.4 Å². The van der Waals surface area contributed by atoms with E-state index in [1.54, 1.807) is 0 Å². The second-order valence-electron chi connectivity index (χ2n) is 2.98. The Kier molecular flexibility index (Phi) is 1.93. The van der Waals surface area contributed by atoms with E-state index in [9.17, 15) is 0 Å². The maximum atomic E-state index is 5.76. The number of aromatic amines is 1. The molecule has 3 N–H and O–H groups in total. The molecule has 3 aromatic heterocycles. The lowest BCUT2D eigenvalue weighted by Crippen LogP contribution is -1.84. The van der Waals surface area contributed by atoms with Crippen LogP contribution in [-0.2, 0) is 0 Å². The predicted molar refractivity (Wildman–Crippen MR) is 57.4 cm³/mol. The van der Waals surface area contributed by atoms with Gasteiger partial charge < -0.3 is 10.3 Å². The second-order valence-corrected chi connectivity index (χ2v) is 3.92. The highest BCUT2D eigenvalue weighted by Gasteiger charge is 2.14. The number of aromatic nitrogens is 5. The van der Waals surface area contributed by atoms with Crippen LogP contribution in [0.25, 0.3) is 23.0 Å². The average Bonchev–Trinajstić information content (AvgIpc) is 2.96. The van der Waals surface area contributed by atoms with Gasteiger partial charge in [0.25, 0.3) is 5.89 Å². The highest BCUT2D eigenvalue weighted by molar-refractivity contribution is 7.14. The van der Waals surface area contributed by atoms with Crippen molar-refractivity contribution in [2.75, 3.05) is 5.73 Å². The van der Waals surface area contributed by atoms with Crippen LogP contribution in [0.1, 0.15) is 0 Å². The average molecular weight is 234 g/mol. The summed E-state index contributed by atoms with van der Waals surface area (Å²) < 4.78 is 5.10. The zero-order valence-corrected chi connectivity index (χ0v) is 8.73. The lowest BCUT2D eigenvalue weighted by molar-refractivity contribution is 0.432. The number of H-pyrrole nitrogens is 1. The van der Waals surface area contributed by atoms with E-state index in [4.69, 9.17) is 10.3 Å². The van der Waals surface area contributed by atoms with Crippen LogP contribution in [0.3, 0.4) is 0 Å². The highest BCUT2D eigenvalue weighted by atomic mass is 32.1. The van der Waals surface area contributed by atoms with Crippen molar-refractivity contribution in [3.8, 4) is 23.0 Å². The summed E-state index contributed by atoms with van der Waals surface area (Å²) in [6, 6.07) is 1.83.